The largest absolute Gasteiger partial charge is 0.396 e. The van der Waals surface area contributed by atoms with Crippen LogP contribution in [0.5, 0.6) is 0 Å². The van der Waals surface area contributed by atoms with Gasteiger partial charge in [0.1, 0.15) is 80.9 Å². The Morgan fingerprint density at radius 2 is 0.462 bits per heavy atom. The maximum atomic E-state index is 13.8. The number of halogens is 6. The smallest absolute Gasteiger partial charge is 0.222 e. The lowest BCUT2D eigenvalue weighted by Gasteiger charge is -2.03. The number of nitrogens with zero attached hydrogens (tertiary/aromatic N) is 16. The average Bonchev–Trinajstić information content (AvgIpc) is 1.65. The van der Waals surface area contributed by atoms with Crippen LogP contribution in [-0.2, 0) is 0 Å². The zero-order chi connectivity index (χ0) is 89.2. The molecule has 24 aromatic rings. The lowest BCUT2D eigenvalue weighted by atomic mass is 10.1. The molecule has 24 rings (SSSR count). The van der Waals surface area contributed by atoms with Crippen LogP contribution < -0.4 is 11.5 Å². The van der Waals surface area contributed by atoms with Crippen LogP contribution in [-0.4, -0.2) is 89.7 Å². The average molecular weight is 1710 g/mol. The summed E-state index contributed by atoms with van der Waals surface area (Å²) < 4.78 is 80.9. The number of aromatic amines is 6. The zero-order valence-corrected chi connectivity index (χ0v) is 67.3. The van der Waals surface area contributed by atoms with Gasteiger partial charge in [0.15, 0.2) is 0 Å². The molecule has 620 valence electrons. The molecule has 0 aliphatic rings. The minimum atomic E-state index is -0.532. The Bertz CT molecular complexity index is 8300. The Morgan fingerprint density at radius 3 is 0.677 bits per heavy atom. The highest BCUT2D eigenvalue weighted by Gasteiger charge is 2.18. The van der Waals surface area contributed by atoms with E-state index in [-0.39, 0.29) is 33.9 Å². The van der Waals surface area contributed by atoms with Crippen LogP contribution >= 0.6 is 0 Å². The van der Waals surface area contributed by atoms with E-state index in [0.29, 0.717) is 45.0 Å². The van der Waals surface area contributed by atoms with Gasteiger partial charge in [-0.3, -0.25) is 29.9 Å². The number of anilines is 2. The van der Waals surface area contributed by atoms with Crippen LogP contribution in [0.3, 0.4) is 0 Å². The quantitative estimate of drug-likeness (QED) is 0.0435. The van der Waals surface area contributed by atoms with Crippen molar-refractivity contribution in [1.29, 1.82) is 10.5 Å². The summed E-state index contributed by atoms with van der Waals surface area (Å²) in [7, 11) is 0. The first-order chi connectivity index (χ1) is 63.5. The molecule has 18 heterocycles. The summed E-state index contributed by atoms with van der Waals surface area (Å²) in [6.07, 6.45) is 21.1. The molecule has 0 radical (unpaired) electrons. The number of hydrogen-bond donors (Lipinski definition) is 8. The molecule has 30 heteroatoms. The topological polar surface area (TPSA) is 358 Å². The summed E-state index contributed by atoms with van der Waals surface area (Å²) in [4.78, 5) is 77.9. The number of nitrogen functional groups attached to an aromatic ring is 2. The molecule has 6 aromatic carbocycles. The van der Waals surface area contributed by atoms with Gasteiger partial charge in [0.25, 0.3) is 0 Å². The van der Waals surface area contributed by atoms with E-state index in [1.165, 1.54) is 60.7 Å². The minimum Gasteiger partial charge on any atom is -0.396 e. The molecule has 0 bridgehead atoms. The Hall–Kier alpha value is -18.9. The van der Waals surface area contributed by atoms with Gasteiger partial charge >= 0.3 is 0 Å². The normalized spacial score (nSPS) is 11.0. The lowest BCUT2D eigenvalue weighted by Crippen LogP contribution is -1.92. The van der Waals surface area contributed by atoms with E-state index < -0.39 is 34.9 Å². The van der Waals surface area contributed by atoms with Crippen molar-refractivity contribution in [3.05, 3.63) is 362 Å². The molecule has 0 aliphatic heterocycles. The van der Waals surface area contributed by atoms with Gasteiger partial charge in [-0.25, -0.2) is 65.9 Å². The van der Waals surface area contributed by atoms with Gasteiger partial charge in [-0.2, -0.15) is 10.5 Å². The van der Waals surface area contributed by atoms with E-state index in [4.69, 9.17) is 35.1 Å². The van der Waals surface area contributed by atoms with E-state index in [2.05, 4.69) is 99.4 Å². The summed E-state index contributed by atoms with van der Waals surface area (Å²) in [5.74, 6) is -2.95. The van der Waals surface area contributed by atoms with Crippen molar-refractivity contribution >= 4 is 154 Å². The second kappa shape index (κ2) is 34.4. The molecule has 0 saturated carbocycles. The number of hydrogen-bond acceptors (Lipinski definition) is 16. The van der Waals surface area contributed by atoms with Gasteiger partial charge in [0, 0.05) is 172 Å². The molecule has 130 heavy (non-hydrogen) atoms. The van der Waals surface area contributed by atoms with Gasteiger partial charge in [-0.15, -0.1) is 0 Å². The number of rotatable bonds is 6. The number of fused-ring (bicyclic) bond motifs is 18. The first kappa shape index (κ1) is 80.8. The number of H-pyrrole nitrogens is 6. The maximum Gasteiger partial charge on any atom is 0.222 e. The molecule has 10 N–H and O–H groups in total. The van der Waals surface area contributed by atoms with Gasteiger partial charge in [-0.05, 0) is 194 Å². The van der Waals surface area contributed by atoms with E-state index in [1.54, 1.807) is 110 Å². The number of aromatic nitrogens is 18. The fraction of sp³-hybridized carbons (Fsp3) is 0. The summed E-state index contributed by atoms with van der Waals surface area (Å²) in [6, 6.07) is 65.1. The Kier molecular flexibility index (Phi) is 21.4. The molecular formula is C100H58F6N24. The fourth-order valence-electron chi connectivity index (χ4n) is 15.1. The molecule has 0 unspecified atom stereocenters. The summed E-state index contributed by atoms with van der Waals surface area (Å²) in [5.41, 5.74) is 30.3. The second-order valence-corrected chi connectivity index (χ2v) is 29.5. The van der Waals surface area contributed by atoms with Crippen molar-refractivity contribution in [3.63, 3.8) is 0 Å². The molecule has 24 nitrogen and oxygen atoms in total. The molecule has 0 spiro atoms. The molecule has 0 fully saturated rings. The van der Waals surface area contributed by atoms with Crippen molar-refractivity contribution < 1.29 is 26.3 Å². The molecular weight excluding hydrogens is 1650 g/mol. The molecule has 0 atom stereocenters. The number of benzene rings is 6. The van der Waals surface area contributed by atoms with Crippen LogP contribution in [0.4, 0.5) is 49.1 Å². The van der Waals surface area contributed by atoms with Crippen LogP contribution in [0.2, 0.25) is 0 Å². The van der Waals surface area contributed by atoms with Crippen LogP contribution in [0, 0.1) is 70.7 Å². The van der Waals surface area contributed by atoms with E-state index in [0.717, 1.165) is 154 Å². The molecule has 18 aromatic heterocycles. The van der Waals surface area contributed by atoms with Gasteiger partial charge in [-0.1, -0.05) is 24.3 Å². The predicted molar refractivity (Wildman–Crippen MR) is 492 cm³/mol. The van der Waals surface area contributed by atoms with Crippen LogP contribution in [0.25, 0.3) is 209 Å². The standard InChI is InChI=1S/4C17H9FN4.2C16H11FN4/c2*1-19-16-4-2-10(8-13(16)18)14-5-3-11-12-9-20-7-6-15(12)22-17(11)21-14;2*18-14-3-1-10(7-11(14)8-19)15-4-2-12-13-9-20-6-5-16(13)22-17(12)21-15;2*17-12-3-1-9(7-13(12)18)14-4-2-10-11-8-19-6-5-15(11)21-16(10)20-14/h2*2-9H,(H,21,22);2*1-7,9H,(H,21,22);2*1-8H,18H2,(H,20,21)/i18+0;18-1;18+0;18-1;17+0;17-1. The zero-order valence-electron chi connectivity index (χ0n) is 67.3. The van der Waals surface area contributed by atoms with E-state index >= 15 is 0 Å². The summed E-state index contributed by atoms with van der Waals surface area (Å²) in [6.45, 7) is 13.8. The van der Waals surface area contributed by atoms with Crippen molar-refractivity contribution in [1.82, 2.24) is 89.7 Å². The predicted octanol–water partition coefficient (Wildman–Crippen LogP) is 23.5. The Labute approximate surface area is 729 Å². The number of pyridine rings is 12. The molecule has 0 saturated heterocycles. The van der Waals surface area contributed by atoms with Crippen molar-refractivity contribution in [2.24, 2.45) is 0 Å². The third-order valence-corrected chi connectivity index (χ3v) is 21.6. The van der Waals surface area contributed by atoms with E-state index in [9.17, 15) is 26.3 Å². The number of nitrogens with two attached hydrogens (primary N) is 2. The van der Waals surface area contributed by atoms with Crippen LogP contribution in [0.1, 0.15) is 11.1 Å². The monoisotopic (exact) mass is 1710 g/mol. The SMILES string of the molecule is N#Cc1cc(-c2ccc3c(n2)[nH]c2ccncc23)ccc1[18F].N#Cc1cc(-c2ccc3c(n2)[nH]c2ccncc23)ccc1[19F].Nc1cc(-c2ccc3c(n2)[nH]c2ccncc23)ccc1[18F].Nc1cc(-c2ccc3c(n2)[nH]c2ccncc23)ccc1[19F].[C-]#[N+]c1ccc(-c2ccc3c(n2)[nH]c2ccncc23)cc1[18F].[C-]#[N+]c1ccc(-c2ccc3c(n2)[nH]c2ccncc23)cc1[19F]. The highest BCUT2D eigenvalue weighted by atomic mass is 19.1. The fourth-order valence-corrected chi connectivity index (χ4v) is 15.1. The first-order valence-corrected chi connectivity index (χ1v) is 39.7. The van der Waals surface area contributed by atoms with E-state index in [1.807, 2.05) is 134 Å². The first-order valence-electron chi connectivity index (χ1n) is 39.7. The summed E-state index contributed by atoms with van der Waals surface area (Å²) in [5, 5.41) is 29.9. The lowest BCUT2D eigenvalue weighted by molar-refractivity contribution is 0.623. The van der Waals surface area contributed by atoms with Crippen LogP contribution in [0.15, 0.2) is 293 Å². The number of nitriles is 2. The molecule has 0 aliphatic carbocycles. The van der Waals surface area contributed by atoms with Gasteiger partial charge in [0.2, 0.25) is 11.4 Å². The Morgan fingerprint density at radius 1 is 0.246 bits per heavy atom. The highest BCUT2D eigenvalue weighted by Crippen LogP contribution is 2.37. The maximum absolute atomic E-state index is 13.8. The van der Waals surface area contributed by atoms with Gasteiger partial charge < -0.3 is 41.4 Å². The third kappa shape index (κ3) is 15.9. The third-order valence-electron chi connectivity index (χ3n) is 21.6. The van der Waals surface area contributed by atoms with Crippen molar-refractivity contribution in [2.45, 2.75) is 0 Å². The molecule has 0 amide bonds. The van der Waals surface area contributed by atoms with Crippen molar-refractivity contribution in [3.8, 4) is 79.7 Å². The highest BCUT2D eigenvalue weighted by molar-refractivity contribution is 6.10. The second-order valence-electron chi connectivity index (χ2n) is 29.5. The minimum absolute atomic E-state index is 0.0141. The number of nitrogens with one attached hydrogen (secondary N) is 6. The van der Waals surface area contributed by atoms with Gasteiger partial charge in [0.05, 0.1) is 103 Å². The Balaban J connectivity index is 0.000000101. The van der Waals surface area contributed by atoms with Crippen molar-refractivity contribution in [2.75, 3.05) is 11.5 Å². The summed E-state index contributed by atoms with van der Waals surface area (Å²) >= 11 is 0.